The third-order valence-electron chi connectivity index (χ3n) is 2.53. The molecule has 94 valence electrons. The van der Waals surface area contributed by atoms with Crippen LogP contribution in [0.5, 0.6) is 0 Å². The maximum Gasteiger partial charge on any atom is 0.221 e. The van der Waals surface area contributed by atoms with Crippen LogP contribution in [0.2, 0.25) is 0 Å². The molecule has 1 aromatic rings. The zero-order chi connectivity index (χ0) is 12.3. The highest BCUT2D eigenvalue weighted by molar-refractivity contribution is 5.75. The quantitative estimate of drug-likeness (QED) is 0.673. The highest BCUT2D eigenvalue weighted by atomic mass is 16.1. The second-order valence-electron chi connectivity index (χ2n) is 4.09. The van der Waals surface area contributed by atoms with Crippen LogP contribution in [0.25, 0.3) is 0 Å². The Balaban J connectivity index is 1.99. The van der Waals surface area contributed by atoms with Gasteiger partial charge in [0.05, 0.1) is 0 Å². The van der Waals surface area contributed by atoms with E-state index in [-0.39, 0.29) is 5.91 Å². The normalized spacial score (nSPS) is 10.2. The van der Waals surface area contributed by atoms with Gasteiger partial charge in [0, 0.05) is 19.5 Å². The minimum Gasteiger partial charge on any atom is -0.356 e. The molecule has 0 aliphatic rings. The van der Waals surface area contributed by atoms with Gasteiger partial charge in [-0.3, -0.25) is 4.79 Å². The fourth-order valence-corrected chi connectivity index (χ4v) is 1.56. The second kappa shape index (κ2) is 8.76. The van der Waals surface area contributed by atoms with Crippen molar-refractivity contribution in [1.82, 2.24) is 10.6 Å². The Hall–Kier alpha value is -1.35. The lowest BCUT2D eigenvalue weighted by Crippen LogP contribution is -2.28. The molecule has 1 amide bonds. The zero-order valence-electron chi connectivity index (χ0n) is 10.5. The summed E-state index contributed by atoms with van der Waals surface area (Å²) in [6.45, 7) is 4.51. The van der Waals surface area contributed by atoms with Crippen LogP contribution in [0.1, 0.15) is 25.3 Å². The number of nitrogens with one attached hydrogen (secondary N) is 2. The first-order chi connectivity index (χ1) is 8.33. The molecule has 3 heteroatoms. The molecule has 0 radical (unpaired) electrons. The predicted octanol–water partition coefficient (Wildman–Crippen LogP) is 1.73. The lowest BCUT2D eigenvalue weighted by Gasteiger charge is -2.05. The van der Waals surface area contributed by atoms with Gasteiger partial charge in [0.1, 0.15) is 0 Å². The maximum atomic E-state index is 11.3. The first-order valence-electron chi connectivity index (χ1n) is 6.34. The second-order valence-corrected chi connectivity index (χ2v) is 4.09. The van der Waals surface area contributed by atoms with Crippen molar-refractivity contribution >= 4 is 5.91 Å². The third-order valence-corrected chi connectivity index (χ3v) is 2.53. The Morgan fingerprint density at radius 2 is 1.88 bits per heavy atom. The standard InChI is InChI=1S/C14H22N2O/c1-2-10-16-14(17)9-12-15-11-8-13-6-4-3-5-7-13/h3-7,15H,2,8-12H2,1H3,(H,16,17). The van der Waals surface area contributed by atoms with Crippen LogP contribution in [0, 0.1) is 0 Å². The highest BCUT2D eigenvalue weighted by Gasteiger charge is 1.98. The Kier molecular flexibility index (Phi) is 7.07. The van der Waals surface area contributed by atoms with Gasteiger partial charge in [-0.1, -0.05) is 37.3 Å². The fraction of sp³-hybridized carbons (Fsp3) is 0.500. The van der Waals surface area contributed by atoms with E-state index >= 15 is 0 Å². The highest BCUT2D eigenvalue weighted by Crippen LogP contribution is 1.97. The van der Waals surface area contributed by atoms with Crippen molar-refractivity contribution in [1.29, 1.82) is 0 Å². The van der Waals surface area contributed by atoms with Crippen LogP contribution < -0.4 is 10.6 Å². The molecule has 0 atom stereocenters. The van der Waals surface area contributed by atoms with E-state index in [1.54, 1.807) is 0 Å². The summed E-state index contributed by atoms with van der Waals surface area (Å²) in [4.78, 5) is 11.3. The van der Waals surface area contributed by atoms with Crippen LogP contribution in [-0.2, 0) is 11.2 Å². The van der Waals surface area contributed by atoms with Crippen LogP contribution in [-0.4, -0.2) is 25.5 Å². The predicted molar refractivity (Wildman–Crippen MR) is 70.9 cm³/mol. The van der Waals surface area contributed by atoms with Crippen molar-refractivity contribution in [2.75, 3.05) is 19.6 Å². The monoisotopic (exact) mass is 234 g/mol. The molecule has 0 aliphatic carbocycles. The molecule has 0 spiro atoms. The van der Waals surface area contributed by atoms with Gasteiger partial charge >= 0.3 is 0 Å². The molecule has 3 nitrogen and oxygen atoms in total. The van der Waals surface area contributed by atoms with Gasteiger partial charge in [-0.05, 0) is 24.9 Å². The molecule has 0 fully saturated rings. The van der Waals surface area contributed by atoms with E-state index in [2.05, 4.69) is 29.7 Å². The van der Waals surface area contributed by atoms with E-state index in [0.717, 1.165) is 32.5 Å². The SMILES string of the molecule is CCCNC(=O)CCNCCc1ccccc1. The Bertz CT molecular complexity index is 311. The van der Waals surface area contributed by atoms with Gasteiger partial charge in [0.25, 0.3) is 0 Å². The molecule has 0 aromatic heterocycles. The molecule has 0 heterocycles. The molecule has 0 aliphatic heterocycles. The van der Waals surface area contributed by atoms with Crippen molar-refractivity contribution in [2.24, 2.45) is 0 Å². The average molecular weight is 234 g/mol. The van der Waals surface area contributed by atoms with E-state index < -0.39 is 0 Å². The Labute approximate surface area is 104 Å². The average Bonchev–Trinajstić information content (AvgIpc) is 2.37. The van der Waals surface area contributed by atoms with E-state index in [0.29, 0.717) is 6.42 Å². The number of carbonyl (C=O) groups is 1. The Morgan fingerprint density at radius 3 is 2.59 bits per heavy atom. The maximum absolute atomic E-state index is 11.3. The third kappa shape index (κ3) is 6.74. The van der Waals surface area contributed by atoms with Gasteiger partial charge in [0.15, 0.2) is 0 Å². The van der Waals surface area contributed by atoms with E-state index in [9.17, 15) is 4.79 Å². The van der Waals surface area contributed by atoms with Crippen molar-refractivity contribution in [3.63, 3.8) is 0 Å². The van der Waals surface area contributed by atoms with Crippen molar-refractivity contribution in [3.05, 3.63) is 35.9 Å². The largest absolute Gasteiger partial charge is 0.356 e. The zero-order valence-corrected chi connectivity index (χ0v) is 10.5. The molecule has 0 unspecified atom stereocenters. The van der Waals surface area contributed by atoms with Gasteiger partial charge in [-0.2, -0.15) is 0 Å². The molecule has 0 bridgehead atoms. The number of rotatable bonds is 8. The summed E-state index contributed by atoms with van der Waals surface area (Å²) in [6.07, 6.45) is 2.57. The summed E-state index contributed by atoms with van der Waals surface area (Å²) in [5.41, 5.74) is 1.33. The number of carbonyl (C=O) groups excluding carboxylic acids is 1. The Morgan fingerprint density at radius 1 is 1.12 bits per heavy atom. The summed E-state index contributed by atoms with van der Waals surface area (Å²) >= 11 is 0. The summed E-state index contributed by atoms with van der Waals surface area (Å²) in [6, 6.07) is 10.4. The molecule has 0 saturated carbocycles. The molecule has 1 aromatic carbocycles. The van der Waals surface area contributed by atoms with E-state index in [1.165, 1.54) is 5.56 Å². The number of hydrogen-bond donors (Lipinski definition) is 2. The van der Waals surface area contributed by atoms with Gasteiger partial charge in [-0.15, -0.1) is 0 Å². The molecule has 17 heavy (non-hydrogen) atoms. The van der Waals surface area contributed by atoms with Gasteiger partial charge in [-0.25, -0.2) is 0 Å². The van der Waals surface area contributed by atoms with Crippen LogP contribution >= 0.6 is 0 Å². The van der Waals surface area contributed by atoms with Crippen LogP contribution in [0.3, 0.4) is 0 Å². The molecular formula is C14H22N2O. The lowest BCUT2D eigenvalue weighted by molar-refractivity contribution is -0.120. The minimum absolute atomic E-state index is 0.138. The number of hydrogen-bond acceptors (Lipinski definition) is 2. The van der Waals surface area contributed by atoms with Gasteiger partial charge in [0.2, 0.25) is 5.91 Å². The first-order valence-corrected chi connectivity index (χ1v) is 6.34. The summed E-state index contributed by atoms with van der Waals surface area (Å²) in [5, 5.41) is 6.14. The fourth-order valence-electron chi connectivity index (χ4n) is 1.56. The molecular weight excluding hydrogens is 212 g/mol. The number of amides is 1. The summed E-state index contributed by atoms with van der Waals surface area (Å²) < 4.78 is 0. The van der Waals surface area contributed by atoms with Crippen molar-refractivity contribution in [3.8, 4) is 0 Å². The van der Waals surface area contributed by atoms with E-state index in [1.807, 2.05) is 18.2 Å². The topological polar surface area (TPSA) is 41.1 Å². The summed E-state index contributed by atoms with van der Waals surface area (Å²) in [5.74, 6) is 0.138. The molecule has 0 saturated heterocycles. The smallest absolute Gasteiger partial charge is 0.221 e. The van der Waals surface area contributed by atoms with Crippen molar-refractivity contribution in [2.45, 2.75) is 26.2 Å². The molecule has 1 rings (SSSR count). The molecule has 2 N–H and O–H groups in total. The van der Waals surface area contributed by atoms with Gasteiger partial charge < -0.3 is 10.6 Å². The van der Waals surface area contributed by atoms with Crippen LogP contribution in [0.15, 0.2) is 30.3 Å². The number of benzene rings is 1. The summed E-state index contributed by atoms with van der Waals surface area (Å²) in [7, 11) is 0. The first kappa shape index (κ1) is 13.7. The van der Waals surface area contributed by atoms with Crippen molar-refractivity contribution < 1.29 is 4.79 Å². The lowest BCUT2D eigenvalue weighted by atomic mass is 10.1. The minimum atomic E-state index is 0.138. The van der Waals surface area contributed by atoms with Crippen LogP contribution in [0.4, 0.5) is 0 Å². The van der Waals surface area contributed by atoms with E-state index in [4.69, 9.17) is 0 Å².